The van der Waals surface area contributed by atoms with E-state index in [1.54, 1.807) is 13.0 Å². The zero-order chi connectivity index (χ0) is 9.14. The number of hydrogen-bond donors (Lipinski definition) is 1. The van der Waals surface area contributed by atoms with E-state index in [2.05, 4.69) is 10.0 Å². The fourth-order valence-corrected chi connectivity index (χ4v) is 0.912. The van der Waals surface area contributed by atoms with Gasteiger partial charge in [0, 0.05) is 10.6 Å². The molecule has 0 heterocycles. The number of rotatable bonds is 1. The first-order valence-corrected chi connectivity index (χ1v) is 3.26. The van der Waals surface area contributed by atoms with Crippen LogP contribution in [0.15, 0.2) is 17.2 Å². The summed E-state index contributed by atoms with van der Waals surface area (Å²) in [5.74, 6) is -0.592. The second-order valence-corrected chi connectivity index (χ2v) is 2.37. The molecule has 0 saturated carbocycles. The molecule has 2 N–H and O–H groups in total. The van der Waals surface area contributed by atoms with Crippen molar-refractivity contribution in [3.05, 3.63) is 34.0 Å². The van der Waals surface area contributed by atoms with Crippen LogP contribution in [0.1, 0.15) is 5.56 Å². The number of nitrogens with zero attached hydrogens (tertiary/aromatic N) is 3. The Labute approximate surface area is 68.4 Å². The quantitative estimate of drug-likeness (QED) is 0.296. The molecule has 5 heteroatoms. The molecule has 1 rings (SSSR count). The third-order valence-corrected chi connectivity index (χ3v) is 1.38. The molecule has 0 aliphatic carbocycles. The summed E-state index contributed by atoms with van der Waals surface area (Å²) < 4.78 is 13.0. The summed E-state index contributed by atoms with van der Waals surface area (Å²) in [5.41, 5.74) is 14.2. The van der Waals surface area contributed by atoms with Gasteiger partial charge in [0.2, 0.25) is 0 Å². The maximum absolute atomic E-state index is 13.0. The lowest BCUT2D eigenvalue weighted by Crippen LogP contribution is -1.89. The third-order valence-electron chi connectivity index (χ3n) is 1.38. The highest BCUT2D eigenvalue weighted by Gasteiger charge is 2.04. The smallest absolute Gasteiger partial charge is 0.135 e. The Hall–Kier alpha value is -1.74. The maximum atomic E-state index is 13.0. The van der Waals surface area contributed by atoms with Gasteiger partial charge in [0.15, 0.2) is 0 Å². The van der Waals surface area contributed by atoms with Gasteiger partial charge in [-0.15, -0.1) is 0 Å². The highest BCUT2D eigenvalue weighted by Crippen LogP contribution is 2.26. The molecule has 0 aromatic heterocycles. The van der Waals surface area contributed by atoms with Gasteiger partial charge in [-0.25, -0.2) is 4.39 Å². The number of anilines is 1. The van der Waals surface area contributed by atoms with Crippen molar-refractivity contribution >= 4 is 11.4 Å². The monoisotopic (exact) mass is 166 g/mol. The van der Waals surface area contributed by atoms with Crippen molar-refractivity contribution in [3.8, 4) is 0 Å². The molecular weight excluding hydrogens is 159 g/mol. The van der Waals surface area contributed by atoms with Gasteiger partial charge in [0.1, 0.15) is 5.82 Å². The molecule has 12 heavy (non-hydrogen) atoms. The van der Waals surface area contributed by atoms with Gasteiger partial charge < -0.3 is 5.73 Å². The Kier molecular flexibility index (Phi) is 2.16. The number of aryl methyl sites for hydroxylation is 1. The van der Waals surface area contributed by atoms with Crippen molar-refractivity contribution in [2.45, 2.75) is 6.92 Å². The summed E-state index contributed by atoms with van der Waals surface area (Å²) >= 11 is 0. The normalized spacial score (nSPS) is 9.17. The number of nitrogen functional groups attached to an aromatic ring is 1. The summed E-state index contributed by atoms with van der Waals surface area (Å²) in [6.45, 7) is 1.71. The van der Waals surface area contributed by atoms with E-state index in [4.69, 9.17) is 11.3 Å². The first-order valence-electron chi connectivity index (χ1n) is 3.26. The van der Waals surface area contributed by atoms with Crippen LogP contribution in [0.4, 0.5) is 15.8 Å². The van der Waals surface area contributed by atoms with Gasteiger partial charge in [-0.2, -0.15) is 0 Å². The molecule has 4 nitrogen and oxygen atoms in total. The van der Waals surface area contributed by atoms with E-state index in [0.29, 0.717) is 5.56 Å². The molecule has 0 spiro atoms. The maximum Gasteiger partial charge on any atom is 0.135 e. The molecule has 1 aromatic rings. The first-order chi connectivity index (χ1) is 5.65. The zero-order valence-corrected chi connectivity index (χ0v) is 6.45. The molecule has 0 unspecified atom stereocenters. The van der Waals surface area contributed by atoms with Gasteiger partial charge >= 0.3 is 0 Å². The number of halogens is 1. The van der Waals surface area contributed by atoms with Crippen LogP contribution in [0.5, 0.6) is 0 Å². The minimum Gasteiger partial charge on any atom is -0.398 e. The van der Waals surface area contributed by atoms with Crippen LogP contribution in [0.3, 0.4) is 0 Å². The van der Waals surface area contributed by atoms with E-state index in [1.807, 2.05) is 0 Å². The van der Waals surface area contributed by atoms with Gasteiger partial charge in [-0.05, 0) is 30.2 Å². The molecule has 0 aliphatic heterocycles. The fourth-order valence-electron chi connectivity index (χ4n) is 0.912. The van der Waals surface area contributed by atoms with E-state index < -0.39 is 5.82 Å². The van der Waals surface area contributed by atoms with Gasteiger partial charge in [-0.3, -0.25) is 0 Å². The predicted octanol–water partition coefficient (Wildman–Crippen LogP) is 2.66. The Morgan fingerprint density at radius 1 is 1.58 bits per heavy atom. The topological polar surface area (TPSA) is 74.8 Å². The molecule has 1 aromatic carbocycles. The van der Waals surface area contributed by atoms with Crippen molar-refractivity contribution in [1.29, 1.82) is 0 Å². The lowest BCUT2D eigenvalue weighted by molar-refractivity contribution is 0.629. The Bertz CT molecular complexity index is 331. The predicted molar refractivity (Wildman–Crippen MR) is 44.4 cm³/mol. The van der Waals surface area contributed by atoms with Crippen molar-refractivity contribution in [2.24, 2.45) is 5.11 Å². The minimum absolute atomic E-state index is 0.136. The van der Waals surface area contributed by atoms with Crippen LogP contribution in [0, 0.1) is 12.7 Å². The molecule has 0 fully saturated rings. The average Bonchev–Trinajstić information content (AvgIpc) is 1.96. The van der Waals surface area contributed by atoms with Crippen molar-refractivity contribution in [1.82, 2.24) is 0 Å². The van der Waals surface area contributed by atoms with E-state index in [1.165, 1.54) is 6.07 Å². The number of azide groups is 1. The number of nitrogens with two attached hydrogens (primary N) is 1. The van der Waals surface area contributed by atoms with E-state index in [9.17, 15) is 4.39 Å². The second-order valence-electron chi connectivity index (χ2n) is 2.37. The lowest BCUT2D eigenvalue weighted by atomic mass is 10.2. The van der Waals surface area contributed by atoms with Crippen LogP contribution < -0.4 is 5.73 Å². The summed E-state index contributed by atoms with van der Waals surface area (Å²) in [7, 11) is 0. The summed E-state index contributed by atoms with van der Waals surface area (Å²) in [5, 5.41) is 3.13. The standard InChI is InChI=1S/C7H7FN4/c1-4-2-5(8)7(11-12-10)6(9)3-4/h2-3H,9H2,1H3. The Morgan fingerprint density at radius 3 is 2.75 bits per heavy atom. The van der Waals surface area contributed by atoms with Crippen molar-refractivity contribution < 1.29 is 4.39 Å². The number of hydrogen-bond acceptors (Lipinski definition) is 2. The molecule has 0 amide bonds. The van der Waals surface area contributed by atoms with Crippen LogP contribution in [-0.4, -0.2) is 0 Å². The van der Waals surface area contributed by atoms with E-state index in [-0.39, 0.29) is 11.4 Å². The summed E-state index contributed by atoms with van der Waals surface area (Å²) in [6.07, 6.45) is 0. The Balaban J connectivity index is 3.37. The highest BCUT2D eigenvalue weighted by molar-refractivity contribution is 5.64. The van der Waals surface area contributed by atoms with E-state index in [0.717, 1.165) is 0 Å². The van der Waals surface area contributed by atoms with Crippen LogP contribution >= 0.6 is 0 Å². The molecule has 0 saturated heterocycles. The van der Waals surface area contributed by atoms with Gasteiger partial charge in [-0.1, -0.05) is 5.11 Å². The van der Waals surface area contributed by atoms with Crippen molar-refractivity contribution in [3.63, 3.8) is 0 Å². The fraction of sp³-hybridized carbons (Fsp3) is 0.143. The Morgan fingerprint density at radius 2 is 2.25 bits per heavy atom. The SMILES string of the molecule is Cc1cc(N)c(N=[N+]=[N-])c(F)c1. The second kappa shape index (κ2) is 3.11. The van der Waals surface area contributed by atoms with Crippen LogP contribution in [0.25, 0.3) is 10.4 Å². The lowest BCUT2D eigenvalue weighted by Gasteiger charge is -2.01. The van der Waals surface area contributed by atoms with E-state index >= 15 is 0 Å². The van der Waals surface area contributed by atoms with Gasteiger partial charge in [0.25, 0.3) is 0 Å². The minimum atomic E-state index is -0.592. The average molecular weight is 166 g/mol. The van der Waals surface area contributed by atoms with Crippen LogP contribution in [-0.2, 0) is 0 Å². The largest absolute Gasteiger partial charge is 0.398 e. The van der Waals surface area contributed by atoms with Crippen LogP contribution in [0.2, 0.25) is 0 Å². The number of benzene rings is 1. The molecule has 0 radical (unpaired) electrons. The highest BCUT2D eigenvalue weighted by atomic mass is 19.1. The zero-order valence-electron chi connectivity index (χ0n) is 6.45. The summed E-state index contributed by atoms with van der Waals surface area (Å²) in [6, 6.07) is 2.81. The molecule has 62 valence electrons. The summed E-state index contributed by atoms with van der Waals surface area (Å²) in [4.78, 5) is 2.46. The van der Waals surface area contributed by atoms with Crippen molar-refractivity contribution in [2.75, 3.05) is 5.73 Å². The molecule has 0 atom stereocenters. The molecule has 0 aliphatic rings. The first kappa shape index (κ1) is 8.36. The van der Waals surface area contributed by atoms with Gasteiger partial charge in [0.05, 0.1) is 5.69 Å². The molecule has 0 bridgehead atoms. The third kappa shape index (κ3) is 1.46. The molecular formula is C7H7FN4.